The zero-order chi connectivity index (χ0) is 28.9. The van der Waals surface area contributed by atoms with Crippen LogP contribution in [0, 0.1) is 6.92 Å². The standard InChI is InChI=1S/C32H29ClN2O5S/c1-20-5-4-6-23(17-20)19-40-26-13-7-22(8-14-26)18-27-30(36)35-29(24-9-11-25(33)12-10-24)28(21(2)34-32(35)41-27)31(37)39-16-15-38-3/h4-14,17-18,29H,15-16,19H2,1-3H3. The van der Waals surface area contributed by atoms with Crippen LogP contribution in [-0.4, -0.2) is 30.9 Å². The molecule has 0 N–H and O–H groups in total. The van der Waals surface area contributed by atoms with Crippen LogP contribution in [0.15, 0.2) is 93.9 Å². The lowest BCUT2D eigenvalue weighted by atomic mass is 9.96. The van der Waals surface area contributed by atoms with Crippen LogP contribution in [0.4, 0.5) is 0 Å². The van der Waals surface area contributed by atoms with Crippen LogP contribution in [0.5, 0.6) is 5.75 Å². The van der Waals surface area contributed by atoms with Crippen molar-refractivity contribution in [1.29, 1.82) is 0 Å². The van der Waals surface area contributed by atoms with Crippen molar-refractivity contribution in [2.24, 2.45) is 4.99 Å². The third-order valence-electron chi connectivity index (χ3n) is 6.61. The zero-order valence-electron chi connectivity index (χ0n) is 22.9. The molecule has 0 bridgehead atoms. The number of halogens is 1. The van der Waals surface area contributed by atoms with Crippen molar-refractivity contribution >= 4 is 35.0 Å². The summed E-state index contributed by atoms with van der Waals surface area (Å²) >= 11 is 7.42. The summed E-state index contributed by atoms with van der Waals surface area (Å²) in [4.78, 5) is 32.1. The van der Waals surface area contributed by atoms with Crippen LogP contribution < -0.4 is 19.6 Å². The van der Waals surface area contributed by atoms with E-state index in [1.54, 1.807) is 35.8 Å². The molecule has 0 saturated heterocycles. The third-order valence-corrected chi connectivity index (χ3v) is 7.85. The van der Waals surface area contributed by atoms with E-state index in [-0.39, 0.29) is 18.8 Å². The Balaban J connectivity index is 1.47. The van der Waals surface area contributed by atoms with Crippen LogP contribution in [0.3, 0.4) is 0 Å². The Hall–Kier alpha value is -3.98. The number of ether oxygens (including phenoxy) is 3. The lowest BCUT2D eigenvalue weighted by Crippen LogP contribution is -2.40. The molecule has 3 aromatic carbocycles. The molecule has 5 rings (SSSR count). The molecule has 0 aliphatic carbocycles. The zero-order valence-corrected chi connectivity index (χ0v) is 24.5. The van der Waals surface area contributed by atoms with Crippen molar-refractivity contribution in [2.45, 2.75) is 26.5 Å². The van der Waals surface area contributed by atoms with Crippen molar-refractivity contribution in [3.8, 4) is 5.75 Å². The summed E-state index contributed by atoms with van der Waals surface area (Å²) in [6.07, 6.45) is 1.82. The van der Waals surface area contributed by atoms with Crippen molar-refractivity contribution < 1.29 is 19.0 Å². The predicted molar refractivity (Wildman–Crippen MR) is 160 cm³/mol. The van der Waals surface area contributed by atoms with Gasteiger partial charge in [-0.1, -0.05) is 77.0 Å². The number of aromatic nitrogens is 1. The Kier molecular flexibility index (Phi) is 8.83. The number of aryl methyl sites for hydroxylation is 1. The number of hydrogen-bond acceptors (Lipinski definition) is 7. The maximum absolute atomic E-state index is 13.8. The minimum atomic E-state index is -0.710. The number of allylic oxidation sites excluding steroid dienone is 1. The number of hydrogen-bond donors (Lipinski definition) is 0. The second kappa shape index (κ2) is 12.7. The van der Waals surface area contributed by atoms with E-state index in [9.17, 15) is 9.59 Å². The number of carbonyl (C=O) groups excluding carboxylic acids is 1. The Bertz CT molecular complexity index is 1770. The summed E-state index contributed by atoms with van der Waals surface area (Å²) in [7, 11) is 1.53. The summed E-state index contributed by atoms with van der Waals surface area (Å²) in [5.74, 6) is 0.193. The second-order valence-corrected chi connectivity index (χ2v) is 11.1. The molecular weight excluding hydrogens is 560 g/mol. The van der Waals surface area contributed by atoms with Gasteiger partial charge in [-0.15, -0.1) is 0 Å². The van der Waals surface area contributed by atoms with Gasteiger partial charge in [0, 0.05) is 12.1 Å². The number of benzene rings is 3. The van der Waals surface area contributed by atoms with E-state index in [2.05, 4.69) is 24.0 Å². The maximum atomic E-state index is 13.8. The van der Waals surface area contributed by atoms with Crippen molar-refractivity contribution in [3.63, 3.8) is 0 Å². The third kappa shape index (κ3) is 6.51. The van der Waals surface area contributed by atoms with E-state index < -0.39 is 12.0 Å². The molecule has 0 radical (unpaired) electrons. The number of thiazole rings is 1. The van der Waals surface area contributed by atoms with Gasteiger partial charge in [-0.2, -0.15) is 0 Å². The van der Waals surface area contributed by atoms with Crippen LogP contribution in [0.2, 0.25) is 5.02 Å². The first kappa shape index (κ1) is 28.5. The number of esters is 1. The minimum Gasteiger partial charge on any atom is -0.489 e. The SMILES string of the molecule is COCCOC(=O)C1=C(C)N=c2sc(=Cc3ccc(OCc4cccc(C)c4)cc3)c(=O)n2C1c1ccc(Cl)cc1. The lowest BCUT2D eigenvalue weighted by molar-refractivity contribution is -0.140. The maximum Gasteiger partial charge on any atom is 0.338 e. The molecule has 9 heteroatoms. The molecule has 0 spiro atoms. The molecular formula is C32H29ClN2O5S. The Morgan fingerprint density at radius 2 is 1.80 bits per heavy atom. The van der Waals surface area contributed by atoms with E-state index in [1.165, 1.54) is 24.0 Å². The molecule has 2 heterocycles. The first-order valence-electron chi connectivity index (χ1n) is 13.1. The van der Waals surface area contributed by atoms with Gasteiger partial charge in [-0.3, -0.25) is 9.36 Å². The second-order valence-electron chi connectivity index (χ2n) is 9.61. The normalized spacial score (nSPS) is 14.9. The van der Waals surface area contributed by atoms with Gasteiger partial charge in [0.1, 0.15) is 19.0 Å². The van der Waals surface area contributed by atoms with Gasteiger partial charge in [-0.05, 0) is 60.9 Å². The quantitative estimate of drug-likeness (QED) is 0.204. The number of fused-ring (bicyclic) bond motifs is 1. The van der Waals surface area contributed by atoms with Crippen LogP contribution >= 0.6 is 22.9 Å². The molecule has 1 unspecified atom stereocenters. The van der Waals surface area contributed by atoms with E-state index in [0.29, 0.717) is 32.2 Å². The van der Waals surface area contributed by atoms with E-state index in [0.717, 1.165) is 22.4 Å². The van der Waals surface area contributed by atoms with Gasteiger partial charge in [0.2, 0.25) is 0 Å². The molecule has 4 aromatic rings. The molecule has 1 aromatic heterocycles. The van der Waals surface area contributed by atoms with Crippen LogP contribution in [0.25, 0.3) is 6.08 Å². The Morgan fingerprint density at radius 3 is 2.51 bits per heavy atom. The predicted octanol–water partition coefficient (Wildman–Crippen LogP) is 4.97. The lowest BCUT2D eigenvalue weighted by Gasteiger charge is -2.24. The van der Waals surface area contributed by atoms with E-state index in [4.69, 9.17) is 25.8 Å². The Morgan fingerprint density at radius 1 is 1.05 bits per heavy atom. The summed E-state index contributed by atoms with van der Waals surface area (Å²) < 4.78 is 18.5. The minimum absolute atomic E-state index is 0.0918. The molecule has 1 atom stereocenters. The van der Waals surface area contributed by atoms with Gasteiger partial charge in [0.15, 0.2) is 4.80 Å². The highest BCUT2D eigenvalue weighted by molar-refractivity contribution is 7.07. The molecule has 0 fully saturated rings. The van der Waals surface area contributed by atoms with Gasteiger partial charge in [0.25, 0.3) is 5.56 Å². The molecule has 1 aliphatic heterocycles. The summed E-state index contributed by atoms with van der Waals surface area (Å²) in [6.45, 7) is 4.63. The fraction of sp³-hybridized carbons (Fsp3) is 0.219. The molecule has 0 saturated carbocycles. The molecule has 210 valence electrons. The Labute approximate surface area is 246 Å². The van der Waals surface area contributed by atoms with Crippen LogP contribution in [-0.2, 0) is 20.9 Å². The topological polar surface area (TPSA) is 79.1 Å². The average molecular weight is 589 g/mol. The largest absolute Gasteiger partial charge is 0.489 e. The van der Waals surface area contributed by atoms with E-state index >= 15 is 0 Å². The van der Waals surface area contributed by atoms with Crippen LogP contribution in [0.1, 0.15) is 35.2 Å². The average Bonchev–Trinajstić information content (AvgIpc) is 3.26. The number of nitrogens with zero attached hydrogens (tertiary/aromatic N) is 2. The highest BCUT2D eigenvalue weighted by Gasteiger charge is 2.33. The number of methoxy groups -OCH3 is 1. The fourth-order valence-corrected chi connectivity index (χ4v) is 5.79. The number of carbonyl (C=O) groups is 1. The highest BCUT2D eigenvalue weighted by atomic mass is 35.5. The smallest absolute Gasteiger partial charge is 0.338 e. The van der Waals surface area contributed by atoms with Gasteiger partial charge in [-0.25, -0.2) is 9.79 Å². The summed E-state index contributed by atoms with van der Waals surface area (Å²) in [5.41, 5.74) is 4.41. The van der Waals surface area contributed by atoms with Gasteiger partial charge >= 0.3 is 5.97 Å². The van der Waals surface area contributed by atoms with E-state index in [1.807, 2.05) is 42.5 Å². The molecule has 41 heavy (non-hydrogen) atoms. The van der Waals surface area contributed by atoms with Gasteiger partial charge in [0.05, 0.1) is 28.5 Å². The van der Waals surface area contributed by atoms with Gasteiger partial charge < -0.3 is 14.2 Å². The molecule has 1 aliphatic rings. The highest BCUT2D eigenvalue weighted by Crippen LogP contribution is 2.31. The fourth-order valence-electron chi connectivity index (χ4n) is 4.62. The summed E-state index contributed by atoms with van der Waals surface area (Å²) in [5, 5.41) is 0.553. The first-order chi connectivity index (χ1) is 19.8. The monoisotopic (exact) mass is 588 g/mol. The summed E-state index contributed by atoms with van der Waals surface area (Å²) in [6, 6.07) is 22.1. The van der Waals surface area contributed by atoms with Crippen molar-refractivity contribution in [2.75, 3.05) is 20.3 Å². The number of rotatable bonds is 9. The molecule has 7 nitrogen and oxygen atoms in total. The first-order valence-corrected chi connectivity index (χ1v) is 14.3. The van der Waals surface area contributed by atoms with Crippen molar-refractivity contribution in [1.82, 2.24) is 4.57 Å². The van der Waals surface area contributed by atoms with Crippen molar-refractivity contribution in [3.05, 3.63) is 131 Å². The molecule has 0 amide bonds.